The molecule has 66 valence electrons. The number of hydrogen-bond acceptors (Lipinski definition) is 3. The first-order chi connectivity index (χ1) is 5.31. The predicted molar refractivity (Wildman–Crippen MR) is 42.8 cm³/mol. The zero-order valence-corrected chi connectivity index (χ0v) is 7.39. The van der Waals surface area contributed by atoms with E-state index >= 15 is 0 Å². The molecule has 0 atom stereocenters. The molecule has 11 heavy (non-hydrogen) atoms. The van der Waals surface area contributed by atoms with E-state index in [1.165, 1.54) is 0 Å². The summed E-state index contributed by atoms with van der Waals surface area (Å²) in [7, 11) is 1.56. The van der Waals surface area contributed by atoms with Crippen LogP contribution in [-0.4, -0.2) is 32.2 Å². The van der Waals surface area contributed by atoms with Crippen molar-refractivity contribution in [1.82, 2.24) is 0 Å². The lowest BCUT2D eigenvalue weighted by atomic mass is 10.3. The Hall–Kier alpha value is -0.280. The maximum atomic E-state index is 10.7. The van der Waals surface area contributed by atoms with Crippen molar-refractivity contribution in [1.29, 1.82) is 0 Å². The molecule has 0 aromatic rings. The number of ether oxygens (including phenoxy) is 2. The topological polar surface area (TPSA) is 35.5 Å². The van der Waals surface area contributed by atoms with Crippen LogP contribution in [0.5, 0.6) is 0 Å². The molecule has 0 aliphatic carbocycles. The van der Waals surface area contributed by atoms with E-state index < -0.39 is 0 Å². The van der Waals surface area contributed by atoms with Crippen LogP contribution >= 0.6 is 11.6 Å². The van der Waals surface area contributed by atoms with Crippen molar-refractivity contribution in [2.24, 2.45) is 0 Å². The molecule has 0 aromatic heterocycles. The number of esters is 1. The van der Waals surface area contributed by atoms with Gasteiger partial charge in [0, 0.05) is 19.4 Å². The molecule has 4 heteroatoms. The summed E-state index contributed by atoms with van der Waals surface area (Å²) in [6.07, 6.45) is 1.07. The van der Waals surface area contributed by atoms with Crippen LogP contribution in [0.2, 0.25) is 0 Å². The van der Waals surface area contributed by atoms with Gasteiger partial charge in [-0.15, -0.1) is 11.6 Å². The van der Waals surface area contributed by atoms with E-state index in [1.54, 1.807) is 7.11 Å². The Kier molecular flexibility index (Phi) is 7.62. The molecule has 0 radical (unpaired) electrons. The molecule has 0 N–H and O–H groups in total. The van der Waals surface area contributed by atoms with E-state index in [0.29, 0.717) is 31.9 Å². The number of halogens is 1. The second-order valence-electron chi connectivity index (χ2n) is 2.01. The molecule has 0 saturated heterocycles. The third-order valence-electron chi connectivity index (χ3n) is 1.07. The highest BCUT2D eigenvalue weighted by molar-refractivity contribution is 6.17. The van der Waals surface area contributed by atoms with E-state index in [-0.39, 0.29) is 5.97 Å². The van der Waals surface area contributed by atoms with Gasteiger partial charge in [-0.05, 0) is 6.42 Å². The van der Waals surface area contributed by atoms with Gasteiger partial charge in [-0.3, -0.25) is 4.79 Å². The molecule has 0 heterocycles. The van der Waals surface area contributed by atoms with Crippen LogP contribution in [0.3, 0.4) is 0 Å². The van der Waals surface area contributed by atoms with E-state index in [0.717, 1.165) is 0 Å². The van der Waals surface area contributed by atoms with Crippen LogP contribution in [0.15, 0.2) is 0 Å². The van der Waals surface area contributed by atoms with Crippen molar-refractivity contribution < 1.29 is 14.3 Å². The Bertz CT molecular complexity index is 106. The normalized spacial score (nSPS) is 9.64. The van der Waals surface area contributed by atoms with Crippen molar-refractivity contribution in [3.63, 3.8) is 0 Å². The Morgan fingerprint density at radius 1 is 1.45 bits per heavy atom. The molecule has 0 unspecified atom stereocenters. The van der Waals surface area contributed by atoms with Crippen LogP contribution < -0.4 is 0 Å². The SMILES string of the molecule is COCCOC(=O)CCCCl. The molecule has 0 bridgehead atoms. The second-order valence-corrected chi connectivity index (χ2v) is 2.38. The molecule has 0 amide bonds. The number of alkyl halides is 1. The molecular formula is C7H13ClO3. The first-order valence-corrected chi connectivity index (χ1v) is 4.05. The zero-order chi connectivity index (χ0) is 8.53. The van der Waals surface area contributed by atoms with Gasteiger partial charge in [0.05, 0.1) is 6.61 Å². The summed E-state index contributed by atoms with van der Waals surface area (Å²) in [6.45, 7) is 0.782. The number of carbonyl (C=O) groups excluding carboxylic acids is 1. The smallest absolute Gasteiger partial charge is 0.305 e. The number of carbonyl (C=O) groups is 1. The van der Waals surface area contributed by atoms with Crippen LogP contribution in [0, 0.1) is 0 Å². The summed E-state index contributed by atoms with van der Waals surface area (Å²) >= 11 is 5.37. The summed E-state index contributed by atoms with van der Waals surface area (Å²) < 4.78 is 9.46. The van der Waals surface area contributed by atoms with Gasteiger partial charge >= 0.3 is 5.97 Å². The third kappa shape index (κ3) is 7.62. The zero-order valence-electron chi connectivity index (χ0n) is 6.64. The highest BCUT2D eigenvalue weighted by atomic mass is 35.5. The van der Waals surface area contributed by atoms with Gasteiger partial charge < -0.3 is 9.47 Å². The summed E-state index contributed by atoms with van der Waals surface area (Å²) in [4.78, 5) is 10.7. The molecule has 3 nitrogen and oxygen atoms in total. The Labute approximate surface area is 71.6 Å². The lowest BCUT2D eigenvalue weighted by Crippen LogP contribution is -2.09. The summed E-state index contributed by atoms with van der Waals surface area (Å²) in [5, 5.41) is 0. The van der Waals surface area contributed by atoms with Gasteiger partial charge in [0.15, 0.2) is 0 Å². The highest BCUT2D eigenvalue weighted by Crippen LogP contribution is 1.94. The summed E-state index contributed by atoms with van der Waals surface area (Å²) in [6, 6.07) is 0. The van der Waals surface area contributed by atoms with Crippen LogP contribution in [0.4, 0.5) is 0 Å². The van der Waals surface area contributed by atoms with E-state index in [1.807, 2.05) is 0 Å². The molecule has 0 spiro atoms. The fourth-order valence-electron chi connectivity index (χ4n) is 0.522. The minimum absolute atomic E-state index is 0.206. The van der Waals surface area contributed by atoms with Gasteiger partial charge in [-0.25, -0.2) is 0 Å². The molecular weight excluding hydrogens is 168 g/mol. The lowest BCUT2D eigenvalue weighted by molar-refractivity contribution is -0.144. The highest BCUT2D eigenvalue weighted by Gasteiger charge is 2.00. The van der Waals surface area contributed by atoms with Crippen molar-refractivity contribution in [3.05, 3.63) is 0 Å². The Balaban J connectivity index is 3.09. The summed E-state index contributed by atoms with van der Waals surface area (Å²) in [5.41, 5.74) is 0. The maximum Gasteiger partial charge on any atom is 0.305 e. The van der Waals surface area contributed by atoms with Crippen LogP contribution in [-0.2, 0) is 14.3 Å². The minimum Gasteiger partial charge on any atom is -0.463 e. The molecule has 0 saturated carbocycles. The average molecular weight is 181 g/mol. The van der Waals surface area contributed by atoms with Gasteiger partial charge in [0.25, 0.3) is 0 Å². The monoisotopic (exact) mass is 180 g/mol. The van der Waals surface area contributed by atoms with Gasteiger partial charge in [0.2, 0.25) is 0 Å². The molecule has 0 aliphatic heterocycles. The fourth-order valence-corrected chi connectivity index (χ4v) is 0.656. The minimum atomic E-state index is -0.206. The predicted octanol–water partition coefficient (Wildman–Crippen LogP) is 1.20. The molecule has 0 fully saturated rings. The molecule has 0 aliphatic rings. The largest absolute Gasteiger partial charge is 0.463 e. The standard InChI is InChI=1S/C7H13ClO3/c1-10-5-6-11-7(9)3-2-4-8/h2-6H2,1H3. The van der Waals surface area contributed by atoms with Gasteiger partial charge in [0.1, 0.15) is 6.61 Å². The van der Waals surface area contributed by atoms with E-state index in [4.69, 9.17) is 21.1 Å². The van der Waals surface area contributed by atoms with Crippen molar-refractivity contribution >= 4 is 17.6 Å². The average Bonchev–Trinajstić information content (AvgIpc) is 2.01. The van der Waals surface area contributed by atoms with Crippen molar-refractivity contribution in [2.45, 2.75) is 12.8 Å². The van der Waals surface area contributed by atoms with Crippen LogP contribution in [0.1, 0.15) is 12.8 Å². The Morgan fingerprint density at radius 3 is 2.73 bits per heavy atom. The number of hydrogen-bond donors (Lipinski definition) is 0. The van der Waals surface area contributed by atoms with E-state index in [2.05, 4.69) is 0 Å². The fraction of sp³-hybridized carbons (Fsp3) is 0.857. The van der Waals surface area contributed by atoms with Gasteiger partial charge in [-0.2, -0.15) is 0 Å². The van der Waals surface area contributed by atoms with Crippen LogP contribution in [0.25, 0.3) is 0 Å². The molecule has 0 rings (SSSR count). The first kappa shape index (κ1) is 10.7. The maximum absolute atomic E-state index is 10.7. The Morgan fingerprint density at radius 2 is 2.18 bits per heavy atom. The quantitative estimate of drug-likeness (QED) is 0.350. The summed E-state index contributed by atoms with van der Waals surface area (Å²) in [5.74, 6) is 0.294. The van der Waals surface area contributed by atoms with Gasteiger partial charge in [-0.1, -0.05) is 0 Å². The lowest BCUT2D eigenvalue weighted by Gasteiger charge is -2.01. The second kappa shape index (κ2) is 7.82. The molecule has 0 aromatic carbocycles. The van der Waals surface area contributed by atoms with E-state index in [9.17, 15) is 4.79 Å². The number of methoxy groups -OCH3 is 1. The van der Waals surface area contributed by atoms with Crippen molar-refractivity contribution in [3.8, 4) is 0 Å². The first-order valence-electron chi connectivity index (χ1n) is 3.51. The third-order valence-corrected chi connectivity index (χ3v) is 1.33. The number of rotatable bonds is 6. The van der Waals surface area contributed by atoms with Crippen molar-refractivity contribution in [2.75, 3.05) is 26.2 Å².